The Bertz CT molecular complexity index is 897. The summed E-state index contributed by atoms with van der Waals surface area (Å²) < 4.78 is 6.61. The zero-order valence-electron chi connectivity index (χ0n) is 13.7. The molecule has 1 aromatic heterocycles. The largest absolute Gasteiger partial charge is 0.411 e. The smallest absolute Gasteiger partial charge is 0.277 e. The lowest BCUT2D eigenvalue weighted by Crippen LogP contribution is -2.15. The van der Waals surface area contributed by atoms with Crippen LogP contribution in [0.5, 0.6) is 0 Å². The zero-order valence-corrected chi connectivity index (χ0v) is 16.1. The molecule has 5 nitrogen and oxygen atoms in total. The SMILES string of the molecule is Cc1c(Br)ccc(NC(=O)CSc2nnc(-c3ccccc3)o2)c1C. The van der Waals surface area contributed by atoms with Gasteiger partial charge in [-0.25, -0.2) is 0 Å². The van der Waals surface area contributed by atoms with Crippen molar-refractivity contribution in [2.75, 3.05) is 11.1 Å². The highest BCUT2D eigenvalue weighted by Gasteiger charge is 2.12. The first-order valence-corrected chi connectivity index (χ1v) is 9.39. The van der Waals surface area contributed by atoms with Crippen molar-refractivity contribution in [2.24, 2.45) is 0 Å². The topological polar surface area (TPSA) is 68.0 Å². The molecule has 1 N–H and O–H groups in total. The van der Waals surface area contributed by atoms with E-state index in [0.717, 1.165) is 26.9 Å². The van der Waals surface area contributed by atoms with Crippen molar-refractivity contribution in [3.05, 3.63) is 58.1 Å². The van der Waals surface area contributed by atoms with E-state index in [1.54, 1.807) is 0 Å². The highest BCUT2D eigenvalue weighted by Crippen LogP contribution is 2.27. The molecule has 0 radical (unpaired) electrons. The van der Waals surface area contributed by atoms with Gasteiger partial charge in [-0.15, -0.1) is 10.2 Å². The summed E-state index contributed by atoms with van der Waals surface area (Å²) in [6, 6.07) is 13.3. The molecule has 0 fully saturated rings. The molecule has 1 heterocycles. The number of nitrogens with one attached hydrogen (secondary N) is 1. The second kappa shape index (κ2) is 7.84. The molecule has 128 valence electrons. The Hall–Kier alpha value is -2.12. The van der Waals surface area contributed by atoms with Crippen LogP contribution in [-0.2, 0) is 4.79 Å². The number of carbonyl (C=O) groups is 1. The summed E-state index contributed by atoms with van der Waals surface area (Å²) in [5.74, 6) is 0.530. The minimum absolute atomic E-state index is 0.116. The van der Waals surface area contributed by atoms with Gasteiger partial charge in [0, 0.05) is 15.7 Å². The molecule has 2 aromatic carbocycles. The van der Waals surface area contributed by atoms with Gasteiger partial charge in [0.1, 0.15) is 0 Å². The van der Waals surface area contributed by atoms with E-state index in [-0.39, 0.29) is 11.7 Å². The number of hydrogen-bond donors (Lipinski definition) is 1. The number of amides is 1. The molecule has 3 aromatic rings. The number of rotatable bonds is 5. The third kappa shape index (κ3) is 4.29. The van der Waals surface area contributed by atoms with Crippen LogP contribution in [0.2, 0.25) is 0 Å². The highest BCUT2D eigenvalue weighted by atomic mass is 79.9. The van der Waals surface area contributed by atoms with Crippen LogP contribution in [0.25, 0.3) is 11.5 Å². The van der Waals surface area contributed by atoms with Crippen LogP contribution in [0.15, 0.2) is 56.6 Å². The van der Waals surface area contributed by atoms with Crippen molar-refractivity contribution in [2.45, 2.75) is 19.1 Å². The van der Waals surface area contributed by atoms with E-state index >= 15 is 0 Å². The van der Waals surface area contributed by atoms with E-state index in [0.29, 0.717) is 11.1 Å². The van der Waals surface area contributed by atoms with Crippen molar-refractivity contribution in [1.82, 2.24) is 10.2 Å². The van der Waals surface area contributed by atoms with Crippen LogP contribution in [0.3, 0.4) is 0 Å². The average molecular weight is 418 g/mol. The van der Waals surface area contributed by atoms with Crippen LogP contribution in [0, 0.1) is 13.8 Å². The Morgan fingerprint density at radius 3 is 2.64 bits per heavy atom. The number of hydrogen-bond acceptors (Lipinski definition) is 5. The van der Waals surface area contributed by atoms with E-state index in [1.165, 1.54) is 11.8 Å². The van der Waals surface area contributed by atoms with Crippen LogP contribution < -0.4 is 5.32 Å². The normalized spacial score (nSPS) is 10.7. The van der Waals surface area contributed by atoms with Gasteiger partial charge in [0.2, 0.25) is 11.8 Å². The maximum absolute atomic E-state index is 12.2. The Labute approximate surface area is 158 Å². The number of benzene rings is 2. The highest BCUT2D eigenvalue weighted by molar-refractivity contribution is 9.10. The van der Waals surface area contributed by atoms with Crippen LogP contribution in [0.1, 0.15) is 11.1 Å². The van der Waals surface area contributed by atoms with E-state index in [1.807, 2.05) is 56.3 Å². The maximum atomic E-state index is 12.2. The fourth-order valence-corrected chi connectivity index (χ4v) is 3.19. The van der Waals surface area contributed by atoms with Crippen LogP contribution >= 0.6 is 27.7 Å². The lowest BCUT2D eigenvalue weighted by molar-refractivity contribution is -0.113. The number of halogens is 1. The van der Waals surface area contributed by atoms with Gasteiger partial charge in [-0.2, -0.15) is 0 Å². The summed E-state index contributed by atoms with van der Waals surface area (Å²) in [6.45, 7) is 3.99. The van der Waals surface area contributed by atoms with Gasteiger partial charge >= 0.3 is 0 Å². The third-order valence-corrected chi connectivity index (χ3v) is 5.43. The van der Waals surface area contributed by atoms with Crippen molar-refractivity contribution < 1.29 is 9.21 Å². The molecule has 0 aliphatic carbocycles. The molecule has 0 spiro atoms. The summed E-state index contributed by atoms with van der Waals surface area (Å²) in [4.78, 5) is 12.2. The molecule has 0 saturated carbocycles. The fraction of sp³-hybridized carbons (Fsp3) is 0.167. The summed E-state index contributed by atoms with van der Waals surface area (Å²) in [7, 11) is 0. The first kappa shape index (κ1) is 17.7. The molecule has 0 bridgehead atoms. The lowest BCUT2D eigenvalue weighted by atomic mass is 10.1. The molecule has 0 saturated heterocycles. The number of aromatic nitrogens is 2. The minimum atomic E-state index is -0.116. The Kier molecular flexibility index (Phi) is 5.55. The van der Waals surface area contributed by atoms with Gasteiger partial charge in [0.15, 0.2) is 0 Å². The maximum Gasteiger partial charge on any atom is 0.277 e. The number of thioether (sulfide) groups is 1. The minimum Gasteiger partial charge on any atom is -0.411 e. The molecule has 0 aliphatic rings. The molecular weight excluding hydrogens is 402 g/mol. The van der Waals surface area contributed by atoms with Gasteiger partial charge < -0.3 is 9.73 Å². The van der Waals surface area contributed by atoms with Gasteiger partial charge in [0.05, 0.1) is 5.75 Å². The van der Waals surface area contributed by atoms with Crippen LogP contribution in [0.4, 0.5) is 5.69 Å². The molecule has 0 atom stereocenters. The number of anilines is 1. The van der Waals surface area contributed by atoms with Crippen molar-refractivity contribution >= 4 is 39.3 Å². The molecule has 25 heavy (non-hydrogen) atoms. The van der Waals surface area contributed by atoms with E-state index in [2.05, 4.69) is 31.4 Å². The Morgan fingerprint density at radius 1 is 1.12 bits per heavy atom. The van der Waals surface area contributed by atoms with Gasteiger partial charge in [-0.1, -0.05) is 45.9 Å². The second-order valence-electron chi connectivity index (χ2n) is 5.42. The first-order chi connectivity index (χ1) is 12.0. The van der Waals surface area contributed by atoms with Gasteiger partial charge in [-0.3, -0.25) is 4.79 Å². The summed E-state index contributed by atoms with van der Waals surface area (Å²) in [5, 5.41) is 11.3. The standard InChI is InChI=1S/C18H16BrN3O2S/c1-11-12(2)15(9-8-14(11)19)20-16(23)10-25-18-22-21-17(24-18)13-6-4-3-5-7-13/h3-9H,10H2,1-2H3,(H,20,23). The molecular formula is C18H16BrN3O2S. The molecule has 1 amide bonds. The zero-order chi connectivity index (χ0) is 17.8. The molecule has 0 aliphatic heterocycles. The Balaban J connectivity index is 1.60. The van der Waals surface area contributed by atoms with Gasteiger partial charge in [0.25, 0.3) is 5.22 Å². The van der Waals surface area contributed by atoms with E-state index in [4.69, 9.17) is 4.42 Å². The number of nitrogens with zero attached hydrogens (tertiary/aromatic N) is 2. The fourth-order valence-electron chi connectivity index (χ4n) is 2.20. The average Bonchev–Trinajstić information content (AvgIpc) is 3.10. The predicted molar refractivity (Wildman–Crippen MR) is 103 cm³/mol. The summed E-state index contributed by atoms with van der Waals surface area (Å²) >= 11 is 4.70. The molecule has 3 rings (SSSR count). The monoisotopic (exact) mass is 417 g/mol. The number of carbonyl (C=O) groups excluding carboxylic acids is 1. The summed E-state index contributed by atoms with van der Waals surface area (Å²) in [6.07, 6.45) is 0. The van der Waals surface area contributed by atoms with E-state index in [9.17, 15) is 4.79 Å². The third-order valence-electron chi connectivity index (χ3n) is 3.75. The summed E-state index contributed by atoms with van der Waals surface area (Å²) in [5.41, 5.74) is 3.81. The van der Waals surface area contributed by atoms with E-state index < -0.39 is 0 Å². The van der Waals surface area contributed by atoms with Crippen LogP contribution in [-0.4, -0.2) is 21.9 Å². The first-order valence-electron chi connectivity index (χ1n) is 7.62. The van der Waals surface area contributed by atoms with Crippen molar-refractivity contribution in [1.29, 1.82) is 0 Å². The second-order valence-corrected chi connectivity index (χ2v) is 7.20. The molecule has 0 unspecified atom stereocenters. The van der Waals surface area contributed by atoms with Gasteiger partial charge in [-0.05, 0) is 49.2 Å². The lowest BCUT2D eigenvalue weighted by Gasteiger charge is -2.11. The van der Waals surface area contributed by atoms with Crippen molar-refractivity contribution in [3.63, 3.8) is 0 Å². The quantitative estimate of drug-likeness (QED) is 0.601. The molecule has 7 heteroatoms. The Morgan fingerprint density at radius 2 is 1.88 bits per heavy atom. The predicted octanol–water partition coefficient (Wildman–Crippen LogP) is 4.85. The van der Waals surface area contributed by atoms with Crippen molar-refractivity contribution in [3.8, 4) is 11.5 Å².